The highest BCUT2D eigenvalue weighted by Crippen LogP contribution is 2.23. The minimum atomic E-state index is -3.51. The molecule has 134 valence electrons. The molecule has 2 aromatic rings. The van der Waals surface area contributed by atoms with Gasteiger partial charge in [0, 0.05) is 18.8 Å². The molecule has 1 N–H and O–H groups in total. The molecular weight excluding hydrogens is 343 g/mol. The second kappa shape index (κ2) is 7.93. The number of hydrogen-bond acceptors (Lipinski definition) is 4. The summed E-state index contributed by atoms with van der Waals surface area (Å²) >= 11 is 0. The molecule has 1 fully saturated rings. The number of sulfonamides is 1. The number of aromatic nitrogens is 1. The van der Waals surface area contributed by atoms with Crippen LogP contribution in [0.3, 0.4) is 0 Å². The van der Waals surface area contributed by atoms with Crippen molar-refractivity contribution >= 4 is 10.0 Å². The lowest BCUT2D eigenvalue weighted by Gasteiger charge is -2.13. The SMILES string of the molecule is O=S(=O)(Cc1ccc(F)cc1)NCc1ccnc(OC2CCCC2)c1. The van der Waals surface area contributed by atoms with Gasteiger partial charge in [0.05, 0.1) is 5.75 Å². The largest absolute Gasteiger partial charge is 0.474 e. The molecule has 1 saturated carbocycles. The van der Waals surface area contributed by atoms with E-state index in [1.54, 1.807) is 18.3 Å². The van der Waals surface area contributed by atoms with Crippen LogP contribution < -0.4 is 9.46 Å². The Bertz CT molecular complexity index is 803. The molecule has 25 heavy (non-hydrogen) atoms. The first kappa shape index (κ1) is 17.8. The van der Waals surface area contributed by atoms with Crippen LogP contribution in [-0.2, 0) is 22.3 Å². The molecular formula is C18H21FN2O3S. The van der Waals surface area contributed by atoms with Gasteiger partial charge >= 0.3 is 0 Å². The number of halogens is 1. The van der Waals surface area contributed by atoms with Crippen LogP contribution in [0.4, 0.5) is 4.39 Å². The molecule has 5 nitrogen and oxygen atoms in total. The van der Waals surface area contributed by atoms with E-state index in [0.29, 0.717) is 11.4 Å². The zero-order chi connectivity index (χ0) is 17.7. The Morgan fingerprint density at radius 1 is 1.12 bits per heavy atom. The van der Waals surface area contributed by atoms with Crippen molar-refractivity contribution < 1.29 is 17.5 Å². The first-order chi connectivity index (χ1) is 12.0. The van der Waals surface area contributed by atoms with Crippen LogP contribution in [-0.4, -0.2) is 19.5 Å². The van der Waals surface area contributed by atoms with E-state index in [4.69, 9.17) is 4.74 Å². The van der Waals surface area contributed by atoms with Gasteiger partial charge in [0.15, 0.2) is 0 Å². The van der Waals surface area contributed by atoms with E-state index in [9.17, 15) is 12.8 Å². The topological polar surface area (TPSA) is 68.3 Å². The highest BCUT2D eigenvalue weighted by molar-refractivity contribution is 7.88. The van der Waals surface area contributed by atoms with Crippen molar-refractivity contribution in [3.8, 4) is 5.88 Å². The Morgan fingerprint density at radius 2 is 1.84 bits per heavy atom. The second-order valence-corrected chi connectivity index (χ2v) is 8.04. The van der Waals surface area contributed by atoms with Crippen molar-refractivity contribution in [3.63, 3.8) is 0 Å². The maximum Gasteiger partial charge on any atom is 0.216 e. The number of hydrogen-bond donors (Lipinski definition) is 1. The van der Waals surface area contributed by atoms with Crippen molar-refractivity contribution in [2.45, 2.75) is 44.1 Å². The summed E-state index contributed by atoms with van der Waals surface area (Å²) in [6, 6.07) is 8.95. The van der Waals surface area contributed by atoms with E-state index in [-0.39, 0.29) is 24.2 Å². The average Bonchev–Trinajstić information content (AvgIpc) is 3.08. The van der Waals surface area contributed by atoms with Crippen LogP contribution in [0.25, 0.3) is 0 Å². The van der Waals surface area contributed by atoms with Crippen molar-refractivity contribution in [3.05, 3.63) is 59.5 Å². The zero-order valence-corrected chi connectivity index (χ0v) is 14.6. The van der Waals surface area contributed by atoms with Crippen LogP contribution in [0.1, 0.15) is 36.8 Å². The van der Waals surface area contributed by atoms with Gasteiger partial charge in [-0.1, -0.05) is 12.1 Å². The lowest BCUT2D eigenvalue weighted by molar-refractivity contribution is 0.201. The van der Waals surface area contributed by atoms with Gasteiger partial charge < -0.3 is 4.74 Å². The third kappa shape index (κ3) is 5.51. The number of ether oxygens (including phenoxy) is 1. The number of benzene rings is 1. The van der Waals surface area contributed by atoms with Gasteiger partial charge in [-0.2, -0.15) is 0 Å². The average molecular weight is 364 g/mol. The Labute approximate surface area is 147 Å². The molecule has 1 aliphatic rings. The van der Waals surface area contributed by atoms with Crippen molar-refractivity contribution in [1.29, 1.82) is 0 Å². The van der Waals surface area contributed by atoms with Crippen LogP contribution in [0.5, 0.6) is 5.88 Å². The number of nitrogens with one attached hydrogen (secondary N) is 1. The van der Waals surface area contributed by atoms with E-state index in [2.05, 4.69) is 9.71 Å². The smallest absolute Gasteiger partial charge is 0.216 e. The van der Waals surface area contributed by atoms with Gasteiger partial charge in [0.25, 0.3) is 0 Å². The lowest BCUT2D eigenvalue weighted by atomic mass is 10.2. The molecule has 0 unspecified atom stereocenters. The number of nitrogens with zero attached hydrogens (tertiary/aromatic N) is 1. The molecule has 0 bridgehead atoms. The summed E-state index contributed by atoms with van der Waals surface area (Å²) in [6.07, 6.45) is 6.25. The quantitative estimate of drug-likeness (QED) is 0.819. The number of rotatable bonds is 7. The van der Waals surface area contributed by atoms with Crippen LogP contribution in [0, 0.1) is 5.82 Å². The molecule has 0 saturated heterocycles. The Hall–Kier alpha value is -1.99. The highest BCUT2D eigenvalue weighted by Gasteiger charge is 2.17. The minimum absolute atomic E-state index is 0.160. The summed E-state index contributed by atoms with van der Waals surface area (Å²) in [5.41, 5.74) is 1.32. The van der Waals surface area contributed by atoms with E-state index in [0.717, 1.165) is 18.4 Å². The summed E-state index contributed by atoms with van der Waals surface area (Å²) < 4.78 is 45.6. The van der Waals surface area contributed by atoms with Crippen LogP contribution in [0.15, 0.2) is 42.6 Å². The zero-order valence-electron chi connectivity index (χ0n) is 13.8. The van der Waals surface area contributed by atoms with E-state index >= 15 is 0 Å². The molecule has 0 spiro atoms. The van der Waals surface area contributed by atoms with E-state index < -0.39 is 10.0 Å². The molecule has 0 aliphatic heterocycles. The molecule has 0 amide bonds. The molecule has 0 radical (unpaired) electrons. The van der Waals surface area contributed by atoms with Crippen molar-refractivity contribution in [2.24, 2.45) is 0 Å². The summed E-state index contributed by atoms with van der Waals surface area (Å²) in [5, 5.41) is 0. The Kier molecular flexibility index (Phi) is 5.65. The first-order valence-electron chi connectivity index (χ1n) is 8.33. The predicted molar refractivity (Wildman–Crippen MR) is 93.0 cm³/mol. The maximum atomic E-state index is 12.9. The van der Waals surface area contributed by atoms with Gasteiger partial charge in [-0.3, -0.25) is 0 Å². The molecule has 7 heteroatoms. The van der Waals surface area contributed by atoms with E-state index in [1.807, 2.05) is 0 Å². The Balaban J connectivity index is 1.57. The summed E-state index contributed by atoms with van der Waals surface area (Å²) in [7, 11) is -3.51. The maximum absolute atomic E-state index is 12.9. The third-order valence-electron chi connectivity index (χ3n) is 4.16. The highest BCUT2D eigenvalue weighted by atomic mass is 32.2. The normalized spacial score (nSPS) is 15.4. The summed E-state index contributed by atoms with van der Waals surface area (Å²) in [4.78, 5) is 4.19. The first-order valence-corrected chi connectivity index (χ1v) is 9.99. The fourth-order valence-electron chi connectivity index (χ4n) is 2.85. The molecule has 1 aliphatic carbocycles. The molecule has 1 aromatic heterocycles. The summed E-state index contributed by atoms with van der Waals surface area (Å²) in [5.74, 6) is -0.0492. The summed E-state index contributed by atoms with van der Waals surface area (Å²) in [6.45, 7) is 0.160. The van der Waals surface area contributed by atoms with Gasteiger partial charge in [0.1, 0.15) is 11.9 Å². The van der Waals surface area contributed by atoms with Crippen LogP contribution >= 0.6 is 0 Å². The molecule has 1 aromatic carbocycles. The third-order valence-corrected chi connectivity index (χ3v) is 5.45. The second-order valence-electron chi connectivity index (χ2n) is 6.23. The fourth-order valence-corrected chi connectivity index (χ4v) is 3.97. The fraction of sp³-hybridized carbons (Fsp3) is 0.389. The van der Waals surface area contributed by atoms with Crippen LogP contribution in [0.2, 0.25) is 0 Å². The van der Waals surface area contributed by atoms with Gasteiger partial charge in [0.2, 0.25) is 15.9 Å². The predicted octanol–water partition coefficient (Wildman–Crippen LogP) is 3.16. The number of pyridine rings is 1. The Morgan fingerprint density at radius 3 is 2.56 bits per heavy atom. The molecule has 1 heterocycles. The monoisotopic (exact) mass is 364 g/mol. The minimum Gasteiger partial charge on any atom is -0.474 e. The van der Waals surface area contributed by atoms with Gasteiger partial charge in [-0.05, 0) is 55.0 Å². The standard InChI is InChI=1S/C18H21FN2O3S/c19-16-7-5-14(6-8-16)13-25(22,23)21-12-15-9-10-20-18(11-15)24-17-3-1-2-4-17/h5-11,17,21H,1-4,12-13H2. The molecule has 3 rings (SSSR count). The van der Waals surface area contributed by atoms with Crippen molar-refractivity contribution in [1.82, 2.24) is 9.71 Å². The van der Waals surface area contributed by atoms with Gasteiger partial charge in [-0.25, -0.2) is 22.5 Å². The van der Waals surface area contributed by atoms with E-state index in [1.165, 1.54) is 37.1 Å². The van der Waals surface area contributed by atoms with Crippen molar-refractivity contribution in [2.75, 3.05) is 0 Å². The van der Waals surface area contributed by atoms with Gasteiger partial charge in [-0.15, -0.1) is 0 Å². The molecule has 0 atom stereocenters. The lowest BCUT2D eigenvalue weighted by Crippen LogP contribution is -2.24.